The van der Waals surface area contributed by atoms with E-state index in [1.54, 1.807) is 0 Å². The van der Waals surface area contributed by atoms with Gasteiger partial charge in [0.1, 0.15) is 6.10 Å². The van der Waals surface area contributed by atoms with Crippen LogP contribution in [0, 0.1) is 0 Å². The minimum absolute atomic E-state index is 0.0363. The van der Waals surface area contributed by atoms with Crippen LogP contribution >= 0.6 is 0 Å². The topological polar surface area (TPSA) is 12.5 Å². The maximum absolute atomic E-state index is 6.47. The Morgan fingerprint density at radius 1 is 1.00 bits per heavy atom. The highest BCUT2D eigenvalue weighted by molar-refractivity contribution is 5.30. The van der Waals surface area contributed by atoms with Gasteiger partial charge in [-0.1, -0.05) is 67.6 Å². The van der Waals surface area contributed by atoms with Crippen LogP contribution in [0.3, 0.4) is 0 Å². The summed E-state index contributed by atoms with van der Waals surface area (Å²) in [6, 6.07) is 21.1. The van der Waals surface area contributed by atoms with Gasteiger partial charge in [-0.15, -0.1) is 0 Å². The fraction of sp³-hybridized carbons (Fsp3) is 0.368. The summed E-state index contributed by atoms with van der Waals surface area (Å²) in [5, 5.41) is 0. The molecule has 0 bridgehead atoms. The second-order valence-electron chi connectivity index (χ2n) is 5.64. The predicted octanol–water partition coefficient (Wildman–Crippen LogP) is 3.89. The molecular formula is C19H23NO. The summed E-state index contributed by atoms with van der Waals surface area (Å²) in [5.41, 5.74) is 2.47. The molecule has 0 N–H and O–H groups in total. The number of nitrogens with zero attached hydrogens (tertiary/aromatic N) is 1. The van der Waals surface area contributed by atoms with E-state index in [0.29, 0.717) is 6.10 Å². The summed E-state index contributed by atoms with van der Waals surface area (Å²) in [6.45, 7) is 5.53. The summed E-state index contributed by atoms with van der Waals surface area (Å²) in [5.74, 6) is 0. The van der Waals surface area contributed by atoms with E-state index in [2.05, 4.69) is 72.5 Å². The van der Waals surface area contributed by atoms with Crippen molar-refractivity contribution in [3.63, 3.8) is 0 Å². The maximum atomic E-state index is 6.47. The fourth-order valence-electron chi connectivity index (χ4n) is 2.99. The molecule has 2 heteroatoms. The zero-order chi connectivity index (χ0) is 14.5. The van der Waals surface area contributed by atoms with Crippen LogP contribution in [-0.4, -0.2) is 30.6 Å². The van der Waals surface area contributed by atoms with Crippen LogP contribution in [-0.2, 0) is 4.74 Å². The molecule has 1 saturated heterocycles. The molecule has 1 aliphatic rings. The Kier molecular flexibility index (Phi) is 4.69. The van der Waals surface area contributed by atoms with Crippen molar-refractivity contribution in [2.75, 3.05) is 19.6 Å². The van der Waals surface area contributed by atoms with Crippen molar-refractivity contribution in [1.29, 1.82) is 0 Å². The van der Waals surface area contributed by atoms with Crippen molar-refractivity contribution in [3.05, 3.63) is 71.8 Å². The average Bonchev–Trinajstić information content (AvgIpc) is 3.02. The first-order valence-electron chi connectivity index (χ1n) is 7.84. The number of likely N-dealkylation sites (tertiary alicyclic amines) is 1. The highest BCUT2D eigenvalue weighted by Gasteiger charge is 2.26. The molecule has 0 radical (unpaired) electrons. The first-order valence-corrected chi connectivity index (χ1v) is 7.84. The van der Waals surface area contributed by atoms with Gasteiger partial charge in [-0.05, 0) is 24.1 Å². The molecule has 0 amide bonds. The first-order chi connectivity index (χ1) is 10.4. The van der Waals surface area contributed by atoms with Crippen molar-refractivity contribution < 1.29 is 4.74 Å². The number of benzene rings is 2. The normalized spacial score (nSPS) is 19.2. The van der Waals surface area contributed by atoms with E-state index in [0.717, 1.165) is 26.1 Å². The molecule has 1 fully saturated rings. The van der Waals surface area contributed by atoms with Gasteiger partial charge < -0.3 is 9.64 Å². The van der Waals surface area contributed by atoms with Crippen LogP contribution in [0.2, 0.25) is 0 Å². The molecule has 0 aliphatic carbocycles. The molecule has 1 heterocycles. The zero-order valence-corrected chi connectivity index (χ0v) is 12.6. The quantitative estimate of drug-likeness (QED) is 0.824. The Labute approximate surface area is 127 Å². The molecule has 1 unspecified atom stereocenters. The standard InChI is InChI=1S/C19H23NO/c1-2-20-14-13-18(15-20)21-19(16-9-5-3-6-10-16)17-11-7-4-8-12-17/h3-12,18-19H,2,13-15H2,1H3. The van der Waals surface area contributed by atoms with E-state index in [9.17, 15) is 0 Å². The van der Waals surface area contributed by atoms with Gasteiger partial charge >= 0.3 is 0 Å². The van der Waals surface area contributed by atoms with Crippen molar-refractivity contribution >= 4 is 0 Å². The Balaban J connectivity index is 1.80. The number of rotatable bonds is 5. The van der Waals surface area contributed by atoms with E-state index in [1.165, 1.54) is 11.1 Å². The molecular weight excluding hydrogens is 258 g/mol. The van der Waals surface area contributed by atoms with Crippen molar-refractivity contribution in [2.45, 2.75) is 25.6 Å². The van der Waals surface area contributed by atoms with Crippen LogP contribution < -0.4 is 0 Å². The Hall–Kier alpha value is -1.64. The average molecular weight is 281 g/mol. The molecule has 2 aromatic carbocycles. The largest absolute Gasteiger partial charge is 0.364 e. The van der Waals surface area contributed by atoms with Gasteiger partial charge in [0.15, 0.2) is 0 Å². The molecule has 0 saturated carbocycles. The second-order valence-corrected chi connectivity index (χ2v) is 5.64. The number of hydrogen-bond donors (Lipinski definition) is 0. The SMILES string of the molecule is CCN1CCC(OC(c2ccccc2)c2ccccc2)C1. The fourth-order valence-corrected chi connectivity index (χ4v) is 2.99. The van der Waals surface area contributed by atoms with E-state index in [4.69, 9.17) is 4.74 Å². The second kappa shape index (κ2) is 6.88. The molecule has 1 atom stereocenters. The smallest absolute Gasteiger partial charge is 0.108 e. The van der Waals surface area contributed by atoms with E-state index < -0.39 is 0 Å². The van der Waals surface area contributed by atoms with Crippen LogP contribution in [0.15, 0.2) is 60.7 Å². The summed E-state index contributed by atoms with van der Waals surface area (Å²) in [7, 11) is 0. The highest BCUT2D eigenvalue weighted by atomic mass is 16.5. The van der Waals surface area contributed by atoms with E-state index in [-0.39, 0.29) is 6.10 Å². The van der Waals surface area contributed by atoms with Crippen LogP contribution in [0.4, 0.5) is 0 Å². The molecule has 2 aromatic rings. The maximum Gasteiger partial charge on any atom is 0.108 e. The van der Waals surface area contributed by atoms with Gasteiger partial charge in [-0.25, -0.2) is 0 Å². The molecule has 3 rings (SSSR count). The third-order valence-electron chi connectivity index (χ3n) is 4.21. The lowest BCUT2D eigenvalue weighted by Gasteiger charge is -2.23. The molecule has 2 nitrogen and oxygen atoms in total. The lowest BCUT2D eigenvalue weighted by atomic mass is 10.0. The third-order valence-corrected chi connectivity index (χ3v) is 4.21. The van der Waals surface area contributed by atoms with Crippen molar-refractivity contribution in [1.82, 2.24) is 4.90 Å². The summed E-state index contributed by atoms with van der Waals surface area (Å²) in [6.07, 6.45) is 1.49. The van der Waals surface area contributed by atoms with Gasteiger partial charge in [-0.3, -0.25) is 0 Å². The predicted molar refractivity (Wildman–Crippen MR) is 86.3 cm³/mol. The van der Waals surface area contributed by atoms with Gasteiger partial charge in [0, 0.05) is 13.1 Å². The summed E-state index contributed by atoms with van der Waals surface area (Å²) in [4.78, 5) is 2.46. The Morgan fingerprint density at radius 3 is 2.05 bits per heavy atom. The molecule has 0 aromatic heterocycles. The lowest BCUT2D eigenvalue weighted by molar-refractivity contribution is 0.0145. The van der Waals surface area contributed by atoms with Gasteiger partial charge in [0.25, 0.3) is 0 Å². The summed E-state index contributed by atoms with van der Waals surface area (Å²) >= 11 is 0. The van der Waals surface area contributed by atoms with Crippen LogP contribution in [0.25, 0.3) is 0 Å². The zero-order valence-electron chi connectivity index (χ0n) is 12.6. The first kappa shape index (κ1) is 14.3. The lowest BCUT2D eigenvalue weighted by Crippen LogP contribution is -2.24. The minimum atomic E-state index is 0.0363. The Morgan fingerprint density at radius 2 is 1.57 bits per heavy atom. The van der Waals surface area contributed by atoms with Gasteiger partial charge in [0.2, 0.25) is 0 Å². The molecule has 1 aliphatic heterocycles. The Bertz CT molecular complexity index is 501. The highest BCUT2D eigenvalue weighted by Crippen LogP contribution is 2.29. The third kappa shape index (κ3) is 3.52. The van der Waals surface area contributed by atoms with Crippen LogP contribution in [0.5, 0.6) is 0 Å². The van der Waals surface area contributed by atoms with Gasteiger partial charge in [0.05, 0.1) is 6.10 Å². The minimum Gasteiger partial charge on any atom is -0.364 e. The molecule has 21 heavy (non-hydrogen) atoms. The van der Waals surface area contributed by atoms with Crippen molar-refractivity contribution in [3.8, 4) is 0 Å². The molecule has 0 spiro atoms. The van der Waals surface area contributed by atoms with Gasteiger partial charge in [-0.2, -0.15) is 0 Å². The number of hydrogen-bond acceptors (Lipinski definition) is 2. The van der Waals surface area contributed by atoms with E-state index >= 15 is 0 Å². The number of ether oxygens (including phenoxy) is 1. The van der Waals surface area contributed by atoms with Crippen LogP contribution in [0.1, 0.15) is 30.6 Å². The monoisotopic (exact) mass is 281 g/mol. The van der Waals surface area contributed by atoms with Crippen molar-refractivity contribution in [2.24, 2.45) is 0 Å². The summed E-state index contributed by atoms with van der Waals surface area (Å²) < 4.78 is 6.47. The van der Waals surface area contributed by atoms with E-state index in [1.807, 2.05) is 0 Å². The molecule has 110 valence electrons. The number of likely N-dealkylation sites (N-methyl/N-ethyl adjacent to an activating group) is 1.